The lowest BCUT2D eigenvalue weighted by molar-refractivity contribution is -0.130. The number of hydrogen-bond donors (Lipinski definition) is 0. The fourth-order valence-corrected chi connectivity index (χ4v) is 4.79. The molecule has 3 rings (SSSR count). The molecule has 0 aliphatic heterocycles. The van der Waals surface area contributed by atoms with Crippen molar-refractivity contribution in [3.05, 3.63) is 12.2 Å². The first-order valence-corrected chi connectivity index (χ1v) is 7.11. The second-order valence-electron chi connectivity index (χ2n) is 6.23. The maximum atomic E-state index is 11.5. The summed E-state index contributed by atoms with van der Waals surface area (Å²) in [6.07, 6.45) is 3.77. The van der Waals surface area contributed by atoms with Gasteiger partial charge >= 0.3 is 5.97 Å². The Kier molecular flexibility index (Phi) is 3.09. The Balaban J connectivity index is 2.08. The molecule has 0 radical (unpaired) electrons. The SMILES string of the molecule is C=C(C)C(=O)OSC12CC(CCC1C)C2(C)C. The van der Waals surface area contributed by atoms with Gasteiger partial charge in [-0.15, -0.1) is 0 Å². The Bertz CT molecular complexity index is 361. The molecule has 3 unspecified atom stereocenters. The molecule has 0 amide bonds. The van der Waals surface area contributed by atoms with Crippen molar-refractivity contribution >= 4 is 18.0 Å². The average Bonchev–Trinajstić information content (AvgIpc) is 2.26. The Labute approximate surface area is 108 Å². The maximum absolute atomic E-state index is 11.5. The van der Waals surface area contributed by atoms with Crippen LogP contribution in [-0.2, 0) is 8.98 Å². The van der Waals surface area contributed by atoms with E-state index in [0.29, 0.717) is 11.5 Å². The van der Waals surface area contributed by atoms with E-state index < -0.39 is 0 Å². The monoisotopic (exact) mass is 254 g/mol. The van der Waals surface area contributed by atoms with E-state index in [-0.39, 0.29) is 16.1 Å². The molecule has 3 aliphatic rings. The zero-order valence-electron chi connectivity index (χ0n) is 11.2. The molecule has 3 fully saturated rings. The molecule has 2 bridgehead atoms. The summed E-state index contributed by atoms with van der Waals surface area (Å²) in [5, 5.41) is 0. The lowest BCUT2D eigenvalue weighted by Gasteiger charge is -2.66. The summed E-state index contributed by atoms with van der Waals surface area (Å²) in [5.74, 6) is 1.14. The summed E-state index contributed by atoms with van der Waals surface area (Å²) < 4.78 is 5.49. The normalized spacial score (nSPS) is 38.1. The second kappa shape index (κ2) is 4.04. The van der Waals surface area contributed by atoms with E-state index in [1.807, 2.05) is 0 Å². The fraction of sp³-hybridized carbons (Fsp3) is 0.786. The van der Waals surface area contributed by atoms with Crippen LogP contribution in [0.25, 0.3) is 0 Å². The van der Waals surface area contributed by atoms with Crippen LogP contribution in [0.5, 0.6) is 0 Å². The summed E-state index contributed by atoms with van der Waals surface area (Å²) in [5.41, 5.74) is 0.760. The lowest BCUT2D eigenvalue weighted by atomic mass is 9.45. The molecule has 0 spiro atoms. The van der Waals surface area contributed by atoms with Crippen molar-refractivity contribution in [2.75, 3.05) is 0 Å². The van der Waals surface area contributed by atoms with Crippen LogP contribution in [0.3, 0.4) is 0 Å². The summed E-state index contributed by atoms with van der Waals surface area (Å²) in [4.78, 5) is 11.5. The van der Waals surface area contributed by atoms with Crippen LogP contribution in [-0.4, -0.2) is 10.7 Å². The molecule has 3 atom stereocenters. The first-order valence-electron chi connectivity index (χ1n) is 6.37. The van der Waals surface area contributed by atoms with E-state index in [0.717, 1.165) is 5.92 Å². The summed E-state index contributed by atoms with van der Waals surface area (Å²) in [7, 11) is 0. The third kappa shape index (κ3) is 1.74. The Morgan fingerprint density at radius 2 is 2.06 bits per heavy atom. The molecule has 96 valence electrons. The van der Waals surface area contributed by atoms with E-state index in [1.54, 1.807) is 6.92 Å². The van der Waals surface area contributed by atoms with Crippen molar-refractivity contribution in [2.45, 2.75) is 51.7 Å². The molecule has 3 heteroatoms. The highest BCUT2D eigenvalue weighted by molar-refractivity contribution is 7.96. The average molecular weight is 254 g/mol. The van der Waals surface area contributed by atoms with Gasteiger partial charge in [-0.2, -0.15) is 0 Å². The predicted octanol–water partition coefficient (Wildman–Crippen LogP) is 3.97. The summed E-state index contributed by atoms with van der Waals surface area (Å²) >= 11 is 1.41. The van der Waals surface area contributed by atoms with Crippen molar-refractivity contribution in [3.8, 4) is 0 Å². The minimum atomic E-state index is -0.276. The van der Waals surface area contributed by atoms with Crippen molar-refractivity contribution in [1.82, 2.24) is 0 Å². The van der Waals surface area contributed by atoms with E-state index in [9.17, 15) is 4.79 Å². The van der Waals surface area contributed by atoms with Gasteiger partial charge in [0.15, 0.2) is 0 Å². The summed E-state index contributed by atoms with van der Waals surface area (Å²) in [6, 6.07) is 0. The fourth-order valence-electron chi connectivity index (χ4n) is 3.49. The molecule has 17 heavy (non-hydrogen) atoms. The third-order valence-electron chi connectivity index (χ3n) is 5.02. The zero-order valence-corrected chi connectivity index (χ0v) is 12.0. The molecular formula is C14H22O2S. The second-order valence-corrected chi connectivity index (χ2v) is 7.29. The zero-order chi connectivity index (χ0) is 12.8. The van der Waals surface area contributed by atoms with E-state index in [1.165, 1.54) is 31.3 Å². The number of carbonyl (C=O) groups excluding carboxylic acids is 1. The van der Waals surface area contributed by atoms with Gasteiger partial charge in [-0.1, -0.05) is 27.4 Å². The lowest BCUT2D eigenvalue weighted by Crippen LogP contribution is -2.65. The van der Waals surface area contributed by atoms with Gasteiger partial charge in [0.1, 0.15) is 0 Å². The minimum absolute atomic E-state index is 0.126. The maximum Gasteiger partial charge on any atom is 0.345 e. The van der Waals surface area contributed by atoms with E-state index in [2.05, 4.69) is 27.4 Å². The Morgan fingerprint density at radius 1 is 1.41 bits per heavy atom. The molecular weight excluding hydrogens is 232 g/mol. The molecule has 0 heterocycles. The number of carbonyl (C=O) groups is 1. The quantitative estimate of drug-likeness (QED) is 0.563. The van der Waals surface area contributed by atoms with Crippen LogP contribution in [0.15, 0.2) is 12.2 Å². The number of hydrogen-bond acceptors (Lipinski definition) is 3. The van der Waals surface area contributed by atoms with Gasteiger partial charge in [0.2, 0.25) is 0 Å². The third-order valence-corrected chi connectivity index (χ3v) is 6.65. The van der Waals surface area contributed by atoms with Gasteiger partial charge < -0.3 is 4.18 Å². The standard InChI is InChI=1S/C14H22O2S/c1-9(2)12(15)16-17-14-8-11(13(14,4)5)7-6-10(14)3/h10-11H,1,6-8H2,2-5H3. The highest BCUT2D eigenvalue weighted by Gasteiger charge is 2.66. The van der Waals surface area contributed by atoms with Crippen molar-refractivity contribution in [3.63, 3.8) is 0 Å². The number of fused-ring (bicyclic) bond motifs is 2. The van der Waals surface area contributed by atoms with Crippen molar-refractivity contribution in [1.29, 1.82) is 0 Å². The van der Waals surface area contributed by atoms with Gasteiger partial charge in [0.25, 0.3) is 0 Å². The highest BCUT2D eigenvalue weighted by atomic mass is 32.2. The highest BCUT2D eigenvalue weighted by Crippen LogP contribution is 2.70. The molecule has 0 aromatic heterocycles. The largest absolute Gasteiger partial charge is 0.387 e. The van der Waals surface area contributed by atoms with Crippen LogP contribution in [0.1, 0.15) is 47.0 Å². The van der Waals surface area contributed by atoms with Crippen molar-refractivity contribution in [2.24, 2.45) is 17.3 Å². The van der Waals surface area contributed by atoms with Crippen LogP contribution in [0.2, 0.25) is 0 Å². The molecule has 3 aliphatic carbocycles. The van der Waals surface area contributed by atoms with E-state index >= 15 is 0 Å². The Morgan fingerprint density at radius 3 is 2.53 bits per heavy atom. The van der Waals surface area contributed by atoms with Crippen molar-refractivity contribution < 1.29 is 8.98 Å². The first kappa shape index (κ1) is 13.0. The summed E-state index contributed by atoms with van der Waals surface area (Å²) in [6.45, 7) is 12.2. The molecule has 0 saturated heterocycles. The first-order chi connectivity index (χ1) is 7.81. The van der Waals surface area contributed by atoms with Crippen LogP contribution in [0.4, 0.5) is 0 Å². The predicted molar refractivity (Wildman–Crippen MR) is 71.5 cm³/mol. The molecule has 0 N–H and O–H groups in total. The molecule has 0 aromatic carbocycles. The van der Waals surface area contributed by atoms with Gasteiger partial charge in [-0.05, 0) is 43.4 Å². The van der Waals surface area contributed by atoms with E-state index in [4.69, 9.17) is 4.18 Å². The van der Waals surface area contributed by atoms with Crippen LogP contribution >= 0.6 is 12.0 Å². The van der Waals surface area contributed by atoms with Crippen LogP contribution < -0.4 is 0 Å². The molecule has 3 saturated carbocycles. The van der Waals surface area contributed by atoms with Gasteiger partial charge in [-0.25, -0.2) is 4.79 Å². The smallest absolute Gasteiger partial charge is 0.345 e. The molecule has 0 aromatic rings. The van der Waals surface area contributed by atoms with Gasteiger partial charge in [-0.3, -0.25) is 0 Å². The topological polar surface area (TPSA) is 26.3 Å². The van der Waals surface area contributed by atoms with Gasteiger partial charge in [0, 0.05) is 5.57 Å². The molecule has 2 nitrogen and oxygen atoms in total. The van der Waals surface area contributed by atoms with Gasteiger partial charge in [0.05, 0.1) is 16.8 Å². The van der Waals surface area contributed by atoms with Crippen LogP contribution in [0, 0.1) is 17.3 Å². The minimum Gasteiger partial charge on any atom is -0.387 e. The number of rotatable bonds is 3. The Hall–Kier alpha value is -0.440.